The first-order valence-electron chi connectivity index (χ1n) is 7.11. The van der Waals surface area contributed by atoms with Crippen LogP contribution in [0.15, 0.2) is 24.0 Å². The maximum atomic E-state index is 5.55. The van der Waals surface area contributed by atoms with E-state index < -0.39 is 0 Å². The van der Waals surface area contributed by atoms with Crippen LogP contribution in [0.3, 0.4) is 0 Å². The van der Waals surface area contributed by atoms with E-state index in [-0.39, 0.29) is 0 Å². The fourth-order valence-electron chi connectivity index (χ4n) is 2.38. The Morgan fingerprint density at radius 3 is 2.32 bits per heavy atom. The summed E-state index contributed by atoms with van der Waals surface area (Å²) in [6.45, 7) is 1.99. The lowest BCUT2D eigenvalue weighted by Crippen LogP contribution is -2.37. The third kappa shape index (κ3) is 3.44. The Kier molecular flexibility index (Phi) is 5.49. The molecule has 0 aromatic heterocycles. The lowest BCUT2D eigenvalue weighted by molar-refractivity contribution is 0.324. The molecule has 1 N–H and O–H groups in total. The van der Waals surface area contributed by atoms with Crippen molar-refractivity contribution in [2.75, 3.05) is 41.5 Å². The van der Waals surface area contributed by atoms with Gasteiger partial charge in [-0.05, 0) is 24.6 Å². The predicted octanol–water partition coefficient (Wildman–Crippen LogP) is 2.20. The summed E-state index contributed by atoms with van der Waals surface area (Å²) in [4.78, 5) is 2.88. The van der Waals surface area contributed by atoms with E-state index in [0.717, 1.165) is 35.8 Å². The van der Waals surface area contributed by atoms with Crippen LogP contribution in [0.2, 0.25) is 0 Å². The normalized spacial score (nSPS) is 16.2. The molecule has 1 heterocycles. The molecule has 0 amide bonds. The van der Waals surface area contributed by atoms with Gasteiger partial charge in [0.15, 0.2) is 11.5 Å². The van der Waals surface area contributed by atoms with Gasteiger partial charge in [-0.15, -0.1) is 0 Å². The SMILES string of the molecule is COc1cc(C(=S)/C=C2\NCCCN2C)cc(OC)c1OC. The lowest BCUT2D eigenvalue weighted by atomic mass is 10.1. The Morgan fingerprint density at radius 1 is 1.18 bits per heavy atom. The number of ether oxygens (including phenoxy) is 3. The Labute approximate surface area is 136 Å². The molecule has 0 saturated carbocycles. The largest absolute Gasteiger partial charge is 0.493 e. The van der Waals surface area contributed by atoms with Gasteiger partial charge in [0.1, 0.15) is 5.82 Å². The number of rotatable bonds is 5. The summed E-state index contributed by atoms with van der Waals surface area (Å²) >= 11 is 5.55. The first-order valence-corrected chi connectivity index (χ1v) is 7.52. The third-order valence-corrected chi connectivity index (χ3v) is 3.96. The highest BCUT2D eigenvalue weighted by molar-refractivity contribution is 7.81. The minimum Gasteiger partial charge on any atom is -0.493 e. The second kappa shape index (κ2) is 7.35. The standard InChI is InChI=1S/C16H22N2O3S/c1-18-7-5-6-17-15(18)10-14(22)11-8-12(19-2)16(21-4)13(9-11)20-3/h8-10,17H,5-7H2,1-4H3/b15-10+. The number of hydrogen-bond donors (Lipinski definition) is 1. The lowest BCUT2D eigenvalue weighted by Gasteiger charge is -2.29. The van der Waals surface area contributed by atoms with Crippen molar-refractivity contribution < 1.29 is 14.2 Å². The fraction of sp³-hybridized carbons (Fsp3) is 0.438. The molecular formula is C16H22N2O3S. The van der Waals surface area contributed by atoms with E-state index in [0.29, 0.717) is 17.2 Å². The second-order valence-corrected chi connectivity index (χ2v) is 5.45. The van der Waals surface area contributed by atoms with E-state index in [4.69, 9.17) is 26.4 Å². The predicted molar refractivity (Wildman–Crippen MR) is 91.1 cm³/mol. The minimum atomic E-state index is 0.567. The fourth-order valence-corrected chi connectivity index (χ4v) is 2.61. The molecule has 1 aliphatic heterocycles. The topological polar surface area (TPSA) is 43.0 Å². The number of hydrogen-bond acceptors (Lipinski definition) is 6. The highest BCUT2D eigenvalue weighted by Crippen LogP contribution is 2.38. The Morgan fingerprint density at radius 2 is 1.82 bits per heavy atom. The molecule has 22 heavy (non-hydrogen) atoms. The van der Waals surface area contributed by atoms with Crippen molar-refractivity contribution in [2.24, 2.45) is 0 Å². The van der Waals surface area contributed by atoms with Crippen molar-refractivity contribution in [2.45, 2.75) is 6.42 Å². The Bertz CT molecular complexity index is 562. The quantitative estimate of drug-likeness (QED) is 0.509. The van der Waals surface area contributed by atoms with Crippen molar-refractivity contribution in [1.82, 2.24) is 10.2 Å². The minimum absolute atomic E-state index is 0.567. The van der Waals surface area contributed by atoms with E-state index in [1.807, 2.05) is 18.2 Å². The van der Waals surface area contributed by atoms with Gasteiger partial charge < -0.3 is 24.4 Å². The van der Waals surface area contributed by atoms with Gasteiger partial charge in [-0.1, -0.05) is 12.2 Å². The third-order valence-electron chi connectivity index (χ3n) is 3.60. The smallest absolute Gasteiger partial charge is 0.203 e. The summed E-state index contributed by atoms with van der Waals surface area (Å²) in [6.07, 6.45) is 3.10. The molecule has 0 atom stereocenters. The molecule has 1 aliphatic rings. The first kappa shape index (κ1) is 16.4. The second-order valence-electron chi connectivity index (χ2n) is 5.01. The van der Waals surface area contributed by atoms with Crippen LogP contribution in [0.5, 0.6) is 17.2 Å². The summed E-state index contributed by atoms with van der Waals surface area (Å²) in [6, 6.07) is 3.73. The van der Waals surface area contributed by atoms with Crippen molar-refractivity contribution in [3.8, 4) is 17.2 Å². The highest BCUT2D eigenvalue weighted by atomic mass is 32.1. The molecule has 1 aromatic carbocycles. The number of nitrogens with one attached hydrogen (secondary N) is 1. The molecule has 1 aromatic rings. The van der Waals surface area contributed by atoms with Gasteiger partial charge in [-0.3, -0.25) is 0 Å². The van der Waals surface area contributed by atoms with Crippen LogP contribution in [-0.4, -0.2) is 51.2 Å². The number of benzene rings is 1. The van der Waals surface area contributed by atoms with Crippen LogP contribution in [0.25, 0.3) is 0 Å². The summed E-state index contributed by atoms with van der Waals surface area (Å²) in [7, 11) is 6.83. The summed E-state index contributed by atoms with van der Waals surface area (Å²) < 4.78 is 16.1. The first-order chi connectivity index (χ1) is 10.6. The molecule has 1 fully saturated rings. The molecule has 5 nitrogen and oxygen atoms in total. The van der Waals surface area contributed by atoms with Gasteiger partial charge in [0.05, 0.1) is 21.3 Å². The van der Waals surface area contributed by atoms with Gasteiger partial charge in [-0.2, -0.15) is 0 Å². The number of thiocarbonyl (C=S) groups is 1. The average molecular weight is 322 g/mol. The van der Waals surface area contributed by atoms with Crippen LogP contribution < -0.4 is 19.5 Å². The number of methoxy groups -OCH3 is 3. The number of allylic oxidation sites excluding steroid dienone is 1. The molecule has 0 unspecified atom stereocenters. The molecule has 120 valence electrons. The molecule has 0 aliphatic carbocycles. The Hall–Kier alpha value is -1.95. The van der Waals surface area contributed by atoms with Crippen LogP contribution in [0.1, 0.15) is 12.0 Å². The molecule has 0 radical (unpaired) electrons. The van der Waals surface area contributed by atoms with E-state index in [9.17, 15) is 0 Å². The summed E-state index contributed by atoms with van der Waals surface area (Å²) in [5.41, 5.74) is 0.859. The van der Waals surface area contributed by atoms with E-state index in [2.05, 4.69) is 17.3 Å². The highest BCUT2D eigenvalue weighted by Gasteiger charge is 2.16. The zero-order valence-corrected chi connectivity index (χ0v) is 14.3. The van der Waals surface area contributed by atoms with Gasteiger partial charge >= 0.3 is 0 Å². The molecule has 0 spiro atoms. The van der Waals surface area contributed by atoms with E-state index in [1.54, 1.807) is 21.3 Å². The number of nitrogens with zero attached hydrogens (tertiary/aromatic N) is 1. The van der Waals surface area contributed by atoms with Gasteiger partial charge in [0.2, 0.25) is 5.75 Å². The van der Waals surface area contributed by atoms with Crippen LogP contribution in [0, 0.1) is 0 Å². The van der Waals surface area contributed by atoms with Crippen molar-refractivity contribution in [1.29, 1.82) is 0 Å². The maximum Gasteiger partial charge on any atom is 0.203 e. The zero-order chi connectivity index (χ0) is 16.1. The average Bonchev–Trinajstić information content (AvgIpc) is 2.55. The maximum absolute atomic E-state index is 5.55. The molecule has 2 rings (SSSR count). The molecule has 1 saturated heterocycles. The molecular weight excluding hydrogens is 300 g/mol. The van der Waals surface area contributed by atoms with Crippen molar-refractivity contribution in [3.63, 3.8) is 0 Å². The molecule has 6 heteroatoms. The Balaban J connectivity index is 2.35. The van der Waals surface area contributed by atoms with Gasteiger partial charge in [-0.25, -0.2) is 0 Å². The van der Waals surface area contributed by atoms with Crippen LogP contribution >= 0.6 is 12.2 Å². The van der Waals surface area contributed by atoms with Crippen molar-refractivity contribution in [3.05, 3.63) is 29.6 Å². The van der Waals surface area contributed by atoms with E-state index >= 15 is 0 Å². The monoisotopic (exact) mass is 322 g/mol. The van der Waals surface area contributed by atoms with Gasteiger partial charge in [0.25, 0.3) is 0 Å². The molecule has 0 bridgehead atoms. The van der Waals surface area contributed by atoms with Crippen molar-refractivity contribution >= 4 is 17.1 Å². The zero-order valence-electron chi connectivity index (χ0n) is 13.4. The van der Waals surface area contributed by atoms with E-state index in [1.165, 1.54) is 0 Å². The van der Waals surface area contributed by atoms with Crippen LogP contribution in [-0.2, 0) is 0 Å². The summed E-state index contributed by atoms with van der Waals surface area (Å²) in [5.74, 6) is 2.80. The summed E-state index contributed by atoms with van der Waals surface area (Å²) in [5, 5.41) is 3.36. The van der Waals surface area contributed by atoms with Crippen LogP contribution in [0.4, 0.5) is 0 Å². The van der Waals surface area contributed by atoms with Gasteiger partial charge in [0, 0.05) is 30.6 Å².